The third kappa shape index (κ3) is 1.61. The Balaban J connectivity index is 2.57. The summed E-state index contributed by atoms with van der Waals surface area (Å²) in [5.74, 6) is 0. The van der Waals surface area contributed by atoms with Gasteiger partial charge in [-0.2, -0.15) is 0 Å². The number of fused-ring (bicyclic) bond motifs is 1. The first-order valence-electron chi connectivity index (χ1n) is 4.55. The Morgan fingerprint density at radius 2 is 2.36 bits per heavy atom. The fourth-order valence-corrected chi connectivity index (χ4v) is 1.80. The van der Waals surface area contributed by atoms with Gasteiger partial charge in [-0.3, -0.25) is 4.40 Å². The van der Waals surface area contributed by atoms with Crippen LogP contribution in [0.2, 0.25) is 5.15 Å². The van der Waals surface area contributed by atoms with E-state index in [9.17, 15) is 0 Å². The number of aromatic nitrogens is 2. The minimum atomic E-state index is 0.124. The first-order chi connectivity index (χ1) is 6.68. The van der Waals surface area contributed by atoms with Gasteiger partial charge in [0.2, 0.25) is 0 Å². The minimum Gasteiger partial charge on any atom is -0.328 e. The molecule has 4 heteroatoms. The highest BCUT2D eigenvalue weighted by Crippen LogP contribution is 2.15. The van der Waals surface area contributed by atoms with Crippen molar-refractivity contribution in [3.05, 3.63) is 35.2 Å². The number of pyridine rings is 1. The fraction of sp³-hybridized carbons (Fsp3) is 0.300. The van der Waals surface area contributed by atoms with E-state index in [-0.39, 0.29) is 6.04 Å². The maximum atomic E-state index is 6.02. The summed E-state index contributed by atoms with van der Waals surface area (Å²) in [5, 5.41) is 0.635. The van der Waals surface area contributed by atoms with Crippen molar-refractivity contribution in [3.8, 4) is 0 Å². The van der Waals surface area contributed by atoms with E-state index in [1.165, 1.54) is 0 Å². The molecule has 0 fully saturated rings. The number of nitrogens with zero attached hydrogens (tertiary/aromatic N) is 2. The first kappa shape index (κ1) is 9.49. The van der Waals surface area contributed by atoms with Gasteiger partial charge in [-0.05, 0) is 19.1 Å². The van der Waals surface area contributed by atoms with Crippen LogP contribution in [0.25, 0.3) is 5.65 Å². The van der Waals surface area contributed by atoms with Crippen LogP contribution < -0.4 is 5.73 Å². The third-order valence-electron chi connectivity index (χ3n) is 2.10. The Kier molecular flexibility index (Phi) is 2.44. The number of hydrogen-bond donors (Lipinski definition) is 1. The average molecular weight is 210 g/mol. The number of hydrogen-bond acceptors (Lipinski definition) is 2. The van der Waals surface area contributed by atoms with E-state index >= 15 is 0 Å². The molecule has 3 nitrogen and oxygen atoms in total. The van der Waals surface area contributed by atoms with Gasteiger partial charge < -0.3 is 5.73 Å². The van der Waals surface area contributed by atoms with Gasteiger partial charge in [0, 0.05) is 18.2 Å². The Morgan fingerprint density at radius 3 is 3.07 bits per heavy atom. The van der Waals surface area contributed by atoms with E-state index in [0.717, 1.165) is 17.8 Å². The molecular weight excluding hydrogens is 198 g/mol. The number of nitrogens with two attached hydrogens (primary N) is 1. The molecule has 2 aromatic rings. The largest absolute Gasteiger partial charge is 0.328 e. The summed E-state index contributed by atoms with van der Waals surface area (Å²) in [6.45, 7) is 1.98. The first-order valence-corrected chi connectivity index (χ1v) is 4.92. The molecule has 0 saturated carbocycles. The number of halogens is 1. The molecule has 2 aromatic heterocycles. The molecule has 0 aliphatic heterocycles. The van der Waals surface area contributed by atoms with Crippen molar-refractivity contribution in [1.82, 2.24) is 9.38 Å². The Morgan fingerprint density at radius 1 is 1.57 bits per heavy atom. The Hall–Kier alpha value is -1.06. The van der Waals surface area contributed by atoms with E-state index in [0.29, 0.717) is 5.15 Å². The molecule has 1 atom stereocenters. The smallest absolute Gasteiger partial charge is 0.138 e. The highest BCUT2D eigenvalue weighted by atomic mass is 35.5. The maximum Gasteiger partial charge on any atom is 0.138 e. The average Bonchev–Trinajstić information content (AvgIpc) is 2.48. The van der Waals surface area contributed by atoms with Gasteiger partial charge in [0.25, 0.3) is 0 Å². The van der Waals surface area contributed by atoms with Crippen LogP contribution in [0.4, 0.5) is 0 Å². The second-order valence-electron chi connectivity index (χ2n) is 3.47. The van der Waals surface area contributed by atoms with Crippen LogP contribution in [-0.2, 0) is 6.42 Å². The van der Waals surface area contributed by atoms with Crippen molar-refractivity contribution in [2.75, 3.05) is 0 Å². The summed E-state index contributed by atoms with van der Waals surface area (Å²) in [6, 6.07) is 6.04. The summed E-state index contributed by atoms with van der Waals surface area (Å²) in [7, 11) is 0. The lowest BCUT2D eigenvalue weighted by atomic mass is 10.2. The van der Waals surface area contributed by atoms with Crippen molar-refractivity contribution in [2.45, 2.75) is 19.4 Å². The zero-order valence-corrected chi connectivity index (χ0v) is 8.70. The summed E-state index contributed by atoms with van der Waals surface area (Å²) in [5.41, 5.74) is 7.72. The van der Waals surface area contributed by atoms with Gasteiger partial charge in [0.1, 0.15) is 10.8 Å². The van der Waals surface area contributed by atoms with Crippen LogP contribution in [0.5, 0.6) is 0 Å². The van der Waals surface area contributed by atoms with Gasteiger partial charge in [0.05, 0.1) is 6.20 Å². The molecule has 0 saturated heterocycles. The minimum absolute atomic E-state index is 0.124. The molecule has 0 aliphatic rings. The SMILES string of the molecule is CC(N)Cc1cccc2ncc(Cl)n12. The Bertz CT molecular complexity index is 448. The van der Waals surface area contributed by atoms with Crippen LogP contribution in [0.15, 0.2) is 24.4 Å². The van der Waals surface area contributed by atoms with Crippen molar-refractivity contribution >= 4 is 17.2 Å². The molecule has 0 amide bonds. The van der Waals surface area contributed by atoms with Crippen LogP contribution >= 0.6 is 11.6 Å². The topological polar surface area (TPSA) is 43.3 Å². The second kappa shape index (κ2) is 3.59. The predicted molar refractivity (Wildman–Crippen MR) is 57.6 cm³/mol. The van der Waals surface area contributed by atoms with Crippen molar-refractivity contribution in [2.24, 2.45) is 5.73 Å². The van der Waals surface area contributed by atoms with Gasteiger partial charge in [-0.1, -0.05) is 17.7 Å². The molecular formula is C10H12ClN3. The number of rotatable bonds is 2. The molecule has 0 spiro atoms. The molecule has 0 aliphatic carbocycles. The molecule has 2 rings (SSSR count). The molecule has 0 radical (unpaired) electrons. The maximum absolute atomic E-state index is 6.02. The summed E-state index contributed by atoms with van der Waals surface area (Å²) < 4.78 is 1.92. The summed E-state index contributed by atoms with van der Waals surface area (Å²) in [6.07, 6.45) is 2.45. The lowest BCUT2D eigenvalue weighted by Gasteiger charge is -2.08. The summed E-state index contributed by atoms with van der Waals surface area (Å²) >= 11 is 6.02. The van der Waals surface area contributed by atoms with Crippen molar-refractivity contribution < 1.29 is 0 Å². The molecule has 0 bridgehead atoms. The molecule has 1 unspecified atom stereocenters. The molecule has 74 valence electrons. The Labute approximate surface area is 87.5 Å². The zero-order valence-electron chi connectivity index (χ0n) is 7.94. The quantitative estimate of drug-likeness (QED) is 0.821. The monoisotopic (exact) mass is 209 g/mol. The lowest BCUT2D eigenvalue weighted by molar-refractivity contribution is 0.714. The molecule has 0 aromatic carbocycles. The normalized spacial score (nSPS) is 13.4. The summed E-state index contributed by atoms with van der Waals surface area (Å²) in [4.78, 5) is 4.18. The third-order valence-corrected chi connectivity index (χ3v) is 2.36. The van der Waals surface area contributed by atoms with Gasteiger partial charge >= 0.3 is 0 Å². The van der Waals surface area contributed by atoms with Crippen molar-refractivity contribution in [3.63, 3.8) is 0 Å². The van der Waals surface area contributed by atoms with Crippen LogP contribution in [0.1, 0.15) is 12.6 Å². The molecule has 14 heavy (non-hydrogen) atoms. The van der Waals surface area contributed by atoms with E-state index in [4.69, 9.17) is 17.3 Å². The second-order valence-corrected chi connectivity index (χ2v) is 3.86. The van der Waals surface area contributed by atoms with Gasteiger partial charge in [-0.25, -0.2) is 4.98 Å². The van der Waals surface area contributed by atoms with Gasteiger partial charge in [-0.15, -0.1) is 0 Å². The van der Waals surface area contributed by atoms with E-state index in [2.05, 4.69) is 4.98 Å². The van der Waals surface area contributed by atoms with Crippen LogP contribution in [-0.4, -0.2) is 15.4 Å². The van der Waals surface area contributed by atoms with E-state index < -0.39 is 0 Å². The molecule has 2 heterocycles. The zero-order chi connectivity index (χ0) is 10.1. The van der Waals surface area contributed by atoms with E-state index in [1.54, 1.807) is 6.20 Å². The van der Waals surface area contributed by atoms with Crippen LogP contribution in [0.3, 0.4) is 0 Å². The fourth-order valence-electron chi connectivity index (χ4n) is 1.56. The standard InChI is InChI=1S/C10H12ClN3/c1-7(12)5-8-3-2-4-10-13-6-9(11)14(8)10/h2-4,6-7H,5,12H2,1H3. The highest BCUT2D eigenvalue weighted by molar-refractivity contribution is 6.29. The molecule has 2 N–H and O–H groups in total. The number of imidazole rings is 1. The highest BCUT2D eigenvalue weighted by Gasteiger charge is 2.06. The van der Waals surface area contributed by atoms with Gasteiger partial charge in [0.15, 0.2) is 0 Å². The predicted octanol–water partition coefficient (Wildman–Crippen LogP) is 1.88. The van der Waals surface area contributed by atoms with Crippen molar-refractivity contribution in [1.29, 1.82) is 0 Å². The van der Waals surface area contributed by atoms with Crippen LogP contribution in [0, 0.1) is 0 Å². The van der Waals surface area contributed by atoms with E-state index in [1.807, 2.05) is 29.5 Å². The lowest BCUT2D eigenvalue weighted by Crippen LogP contribution is -2.19.